The van der Waals surface area contributed by atoms with Gasteiger partial charge in [-0.2, -0.15) is 11.3 Å². The molecule has 7 heteroatoms. The molecule has 3 N–H and O–H groups in total. The smallest absolute Gasteiger partial charge is 0.319 e. The minimum atomic E-state index is -0.244. The number of hydrogen-bond donors (Lipinski definition) is 3. The van der Waals surface area contributed by atoms with Gasteiger partial charge in [-0.05, 0) is 72.9 Å². The van der Waals surface area contributed by atoms with Gasteiger partial charge in [0.2, 0.25) is 5.91 Å². The molecule has 0 saturated heterocycles. The van der Waals surface area contributed by atoms with Crippen LogP contribution in [-0.2, 0) is 4.79 Å². The topological polar surface area (TPSA) is 73.5 Å². The Labute approximate surface area is 176 Å². The lowest BCUT2D eigenvalue weighted by molar-refractivity contribution is -0.117. The number of thiophene rings is 1. The second kappa shape index (κ2) is 9.89. The number of carbonyl (C=O) groups excluding carboxylic acids is 2. The zero-order valence-corrected chi connectivity index (χ0v) is 18.1. The maximum absolute atomic E-state index is 12.6. The lowest BCUT2D eigenvalue weighted by Gasteiger charge is -2.29. The highest BCUT2D eigenvalue weighted by molar-refractivity contribution is 7.08. The van der Waals surface area contributed by atoms with Crippen molar-refractivity contribution in [1.29, 1.82) is 0 Å². The predicted octanol–water partition coefficient (Wildman–Crippen LogP) is 4.61. The van der Waals surface area contributed by atoms with Crippen LogP contribution in [0.2, 0.25) is 0 Å². The minimum Gasteiger partial charge on any atom is -0.336 e. The van der Waals surface area contributed by atoms with Crippen molar-refractivity contribution in [2.24, 2.45) is 5.92 Å². The molecule has 1 aromatic heterocycles. The van der Waals surface area contributed by atoms with Crippen molar-refractivity contribution in [3.8, 4) is 0 Å². The number of nitrogens with zero attached hydrogens (tertiary/aromatic N) is 1. The molecule has 2 aromatic rings. The number of aryl methyl sites for hydroxylation is 1. The molecule has 0 radical (unpaired) electrons. The Morgan fingerprint density at radius 2 is 1.93 bits per heavy atom. The standard InChI is InChI=1S/C22H30N4O2S/c1-4-26(5-2)20(17-10-11-29-14-17)13-23-22(28)25-19-12-18(9-6-15(19)3)24-21(27)16-7-8-16/h6,9-12,14,16,20H,4-5,7-8,13H2,1-3H3,(H,24,27)(H2,23,25,28). The summed E-state index contributed by atoms with van der Waals surface area (Å²) in [4.78, 5) is 26.9. The molecular formula is C22H30N4O2S. The first-order chi connectivity index (χ1) is 14.0. The average molecular weight is 415 g/mol. The molecule has 1 saturated carbocycles. The number of urea groups is 1. The number of benzene rings is 1. The molecule has 1 unspecified atom stereocenters. The molecule has 0 spiro atoms. The van der Waals surface area contributed by atoms with Crippen LogP contribution in [0.4, 0.5) is 16.2 Å². The summed E-state index contributed by atoms with van der Waals surface area (Å²) in [6, 6.07) is 7.60. The number of hydrogen-bond acceptors (Lipinski definition) is 4. The molecule has 1 fully saturated rings. The maximum atomic E-state index is 12.6. The van der Waals surface area contributed by atoms with Gasteiger partial charge in [-0.25, -0.2) is 4.79 Å². The maximum Gasteiger partial charge on any atom is 0.319 e. The molecule has 1 heterocycles. The van der Waals surface area contributed by atoms with Crippen LogP contribution in [0, 0.1) is 12.8 Å². The summed E-state index contributed by atoms with van der Waals surface area (Å²) in [6.45, 7) is 8.57. The van der Waals surface area contributed by atoms with Crippen LogP contribution < -0.4 is 16.0 Å². The van der Waals surface area contributed by atoms with E-state index in [4.69, 9.17) is 0 Å². The number of anilines is 2. The fraction of sp³-hybridized carbons (Fsp3) is 0.455. The van der Waals surface area contributed by atoms with Gasteiger partial charge in [0.05, 0.1) is 6.04 Å². The van der Waals surface area contributed by atoms with Gasteiger partial charge < -0.3 is 16.0 Å². The van der Waals surface area contributed by atoms with Gasteiger partial charge in [0, 0.05) is 23.8 Å². The third-order valence-corrected chi connectivity index (χ3v) is 6.04. The third kappa shape index (κ3) is 5.81. The van der Waals surface area contributed by atoms with E-state index in [-0.39, 0.29) is 23.9 Å². The molecule has 0 aliphatic heterocycles. The first-order valence-corrected chi connectivity index (χ1v) is 11.2. The van der Waals surface area contributed by atoms with Crippen LogP contribution in [-0.4, -0.2) is 36.5 Å². The first kappa shape index (κ1) is 21.3. The van der Waals surface area contributed by atoms with E-state index in [0.717, 1.165) is 31.5 Å². The van der Waals surface area contributed by atoms with Crippen LogP contribution in [0.25, 0.3) is 0 Å². The Morgan fingerprint density at radius 3 is 2.55 bits per heavy atom. The van der Waals surface area contributed by atoms with Crippen LogP contribution in [0.3, 0.4) is 0 Å². The normalized spacial score (nSPS) is 14.5. The highest BCUT2D eigenvalue weighted by atomic mass is 32.1. The van der Waals surface area contributed by atoms with Crippen LogP contribution in [0.15, 0.2) is 35.0 Å². The van der Waals surface area contributed by atoms with E-state index in [1.807, 2.05) is 25.1 Å². The van der Waals surface area contributed by atoms with Crippen molar-refractivity contribution in [3.63, 3.8) is 0 Å². The van der Waals surface area contributed by atoms with Gasteiger partial charge in [0.1, 0.15) is 0 Å². The zero-order valence-electron chi connectivity index (χ0n) is 17.3. The van der Waals surface area contributed by atoms with Crippen molar-refractivity contribution in [3.05, 3.63) is 46.2 Å². The van der Waals surface area contributed by atoms with Crippen molar-refractivity contribution < 1.29 is 9.59 Å². The number of amides is 3. The van der Waals surface area contributed by atoms with E-state index >= 15 is 0 Å². The van der Waals surface area contributed by atoms with E-state index in [9.17, 15) is 9.59 Å². The summed E-state index contributed by atoms with van der Waals surface area (Å²) in [6.07, 6.45) is 1.92. The fourth-order valence-corrected chi connectivity index (χ4v) is 4.07. The molecule has 156 valence electrons. The Balaban J connectivity index is 1.61. The summed E-state index contributed by atoms with van der Waals surface area (Å²) in [5, 5.41) is 13.1. The molecule has 1 aliphatic carbocycles. The fourth-order valence-electron chi connectivity index (χ4n) is 3.37. The first-order valence-electron chi connectivity index (χ1n) is 10.2. The third-order valence-electron chi connectivity index (χ3n) is 5.34. The van der Waals surface area contributed by atoms with Crippen LogP contribution in [0.1, 0.15) is 43.9 Å². The SMILES string of the molecule is CCN(CC)C(CNC(=O)Nc1cc(NC(=O)C2CC2)ccc1C)c1ccsc1. The van der Waals surface area contributed by atoms with E-state index in [0.29, 0.717) is 17.9 Å². The second-order valence-electron chi connectivity index (χ2n) is 7.42. The Bertz CT molecular complexity index is 829. The van der Waals surface area contributed by atoms with Gasteiger partial charge in [0.25, 0.3) is 0 Å². The molecule has 1 atom stereocenters. The van der Waals surface area contributed by atoms with Gasteiger partial charge >= 0.3 is 6.03 Å². The molecule has 29 heavy (non-hydrogen) atoms. The summed E-state index contributed by atoms with van der Waals surface area (Å²) in [5.41, 5.74) is 3.58. The van der Waals surface area contributed by atoms with Crippen molar-refractivity contribution >= 4 is 34.6 Å². The van der Waals surface area contributed by atoms with Crippen LogP contribution in [0.5, 0.6) is 0 Å². The number of rotatable bonds is 9. The lowest BCUT2D eigenvalue weighted by atomic mass is 10.1. The van der Waals surface area contributed by atoms with E-state index in [1.54, 1.807) is 11.3 Å². The number of carbonyl (C=O) groups is 2. The summed E-state index contributed by atoms with van der Waals surface area (Å²) in [7, 11) is 0. The molecule has 1 aromatic carbocycles. The molecule has 0 bridgehead atoms. The molecule has 3 amide bonds. The zero-order chi connectivity index (χ0) is 20.8. The highest BCUT2D eigenvalue weighted by Crippen LogP contribution is 2.31. The van der Waals surface area contributed by atoms with Gasteiger partial charge in [0.15, 0.2) is 0 Å². The van der Waals surface area contributed by atoms with E-state index in [1.165, 1.54) is 5.56 Å². The lowest BCUT2D eigenvalue weighted by Crippen LogP contribution is -2.39. The Hall–Kier alpha value is -2.38. The van der Waals surface area contributed by atoms with E-state index < -0.39 is 0 Å². The van der Waals surface area contributed by atoms with Crippen molar-refractivity contribution in [2.75, 3.05) is 30.3 Å². The number of likely N-dealkylation sites (N-methyl/N-ethyl adjacent to an activating group) is 1. The summed E-state index contributed by atoms with van der Waals surface area (Å²) in [5.74, 6) is 0.201. The largest absolute Gasteiger partial charge is 0.336 e. The van der Waals surface area contributed by atoms with Crippen LogP contribution >= 0.6 is 11.3 Å². The average Bonchev–Trinajstić information content (AvgIpc) is 3.43. The van der Waals surface area contributed by atoms with Gasteiger partial charge in [-0.3, -0.25) is 9.69 Å². The van der Waals surface area contributed by atoms with Crippen molar-refractivity contribution in [1.82, 2.24) is 10.2 Å². The molecule has 6 nitrogen and oxygen atoms in total. The molecular weight excluding hydrogens is 384 g/mol. The Morgan fingerprint density at radius 1 is 1.17 bits per heavy atom. The summed E-state index contributed by atoms with van der Waals surface area (Å²) >= 11 is 1.67. The minimum absolute atomic E-state index is 0.0575. The van der Waals surface area contributed by atoms with Crippen molar-refractivity contribution in [2.45, 2.75) is 39.7 Å². The molecule has 1 aliphatic rings. The highest BCUT2D eigenvalue weighted by Gasteiger charge is 2.29. The second-order valence-corrected chi connectivity index (χ2v) is 8.20. The number of nitrogens with one attached hydrogen (secondary N) is 3. The van der Waals surface area contributed by atoms with Gasteiger partial charge in [-0.15, -0.1) is 0 Å². The monoisotopic (exact) mass is 414 g/mol. The quantitative estimate of drug-likeness (QED) is 0.561. The Kier molecular flexibility index (Phi) is 7.28. The summed E-state index contributed by atoms with van der Waals surface area (Å²) < 4.78 is 0. The molecule has 3 rings (SSSR count). The van der Waals surface area contributed by atoms with Gasteiger partial charge in [-0.1, -0.05) is 19.9 Å². The van der Waals surface area contributed by atoms with E-state index in [2.05, 4.69) is 51.5 Å². The predicted molar refractivity (Wildman–Crippen MR) is 120 cm³/mol.